The third kappa shape index (κ3) is 3.52. The predicted octanol–water partition coefficient (Wildman–Crippen LogP) is 1.65. The van der Waals surface area contributed by atoms with Crippen LogP contribution in [0.15, 0.2) is 11.0 Å². The van der Waals surface area contributed by atoms with E-state index in [1.54, 1.807) is 13.2 Å². The van der Waals surface area contributed by atoms with Crippen LogP contribution in [0.2, 0.25) is 5.02 Å². The summed E-state index contributed by atoms with van der Waals surface area (Å²) < 4.78 is 1.28. The summed E-state index contributed by atoms with van der Waals surface area (Å²) in [4.78, 5) is 14.1. The third-order valence-electron chi connectivity index (χ3n) is 3.83. The lowest BCUT2D eigenvalue weighted by molar-refractivity contribution is 0.373. The lowest BCUT2D eigenvalue weighted by Gasteiger charge is -2.31. The number of halogens is 1. The molecule has 2 rings (SSSR count). The lowest BCUT2D eigenvalue weighted by atomic mass is 9.97. The van der Waals surface area contributed by atoms with Gasteiger partial charge >= 0.3 is 0 Å². The molecule has 1 fully saturated rings. The molecule has 1 aromatic heterocycles. The number of hydrogen-bond acceptors (Lipinski definition) is 4. The lowest BCUT2D eigenvalue weighted by Crippen LogP contribution is -2.37. The van der Waals surface area contributed by atoms with Crippen molar-refractivity contribution in [1.29, 1.82) is 0 Å². The highest BCUT2D eigenvalue weighted by Crippen LogP contribution is 2.24. The number of aromatic nitrogens is 2. The van der Waals surface area contributed by atoms with Gasteiger partial charge in [-0.15, -0.1) is 0 Å². The maximum absolute atomic E-state index is 11.9. The van der Waals surface area contributed by atoms with Gasteiger partial charge in [-0.1, -0.05) is 18.5 Å². The number of piperidine rings is 1. The van der Waals surface area contributed by atoms with Gasteiger partial charge in [-0.05, 0) is 38.3 Å². The number of nitrogens with one attached hydrogen (secondary N) is 1. The van der Waals surface area contributed by atoms with Crippen molar-refractivity contribution in [3.8, 4) is 0 Å². The number of hydrogen-bond donors (Lipinski definition) is 1. The quantitative estimate of drug-likeness (QED) is 0.898. The molecule has 1 aromatic rings. The fourth-order valence-corrected chi connectivity index (χ4v) is 2.97. The zero-order chi connectivity index (χ0) is 14.5. The summed E-state index contributed by atoms with van der Waals surface area (Å²) in [6.07, 6.45) is 5.09. The second kappa shape index (κ2) is 7.09. The maximum Gasteiger partial charge on any atom is 0.287 e. The SMILES string of the molecule is CCCN(CC1CCNCC1)c1cnn(C)c(=O)c1Cl. The molecule has 0 aliphatic carbocycles. The second-order valence-corrected chi connectivity index (χ2v) is 5.79. The molecular weight excluding hydrogens is 276 g/mol. The van der Waals surface area contributed by atoms with Crippen LogP contribution < -0.4 is 15.8 Å². The number of anilines is 1. The van der Waals surface area contributed by atoms with E-state index < -0.39 is 0 Å². The van der Waals surface area contributed by atoms with Crippen LogP contribution in [0.25, 0.3) is 0 Å². The number of aryl methyl sites for hydroxylation is 1. The third-order valence-corrected chi connectivity index (χ3v) is 4.19. The molecule has 0 aromatic carbocycles. The fraction of sp³-hybridized carbons (Fsp3) is 0.714. The predicted molar refractivity (Wildman–Crippen MR) is 82.6 cm³/mol. The molecule has 1 aliphatic heterocycles. The van der Waals surface area contributed by atoms with Crippen molar-refractivity contribution < 1.29 is 0 Å². The van der Waals surface area contributed by atoms with Crippen LogP contribution >= 0.6 is 11.6 Å². The smallest absolute Gasteiger partial charge is 0.287 e. The Hall–Kier alpha value is -1.07. The summed E-state index contributed by atoms with van der Waals surface area (Å²) in [5, 5.41) is 7.76. The molecule has 6 heteroatoms. The summed E-state index contributed by atoms with van der Waals surface area (Å²) >= 11 is 6.22. The Bertz CT molecular complexity index is 496. The van der Waals surface area contributed by atoms with E-state index >= 15 is 0 Å². The van der Waals surface area contributed by atoms with Crippen LogP contribution in [0.1, 0.15) is 26.2 Å². The Morgan fingerprint density at radius 2 is 2.20 bits per heavy atom. The first-order chi connectivity index (χ1) is 9.63. The Morgan fingerprint density at radius 3 is 2.85 bits per heavy atom. The van der Waals surface area contributed by atoms with Gasteiger partial charge in [-0.2, -0.15) is 5.10 Å². The van der Waals surface area contributed by atoms with E-state index in [0.29, 0.717) is 5.92 Å². The van der Waals surface area contributed by atoms with Gasteiger partial charge in [-0.25, -0.2) is 4.68 Å². The molecule has 112 valence electrons. The Balaban J connectivity index is 2.19. The van der Waals surface area contributed by atoms with E-state index in [2.05, 4.69) is 22.2 Å². The van der Waals surface area contributed by atoms with Gasteiger partial charge in [0, 0.05) is 20.1 Å². The summed E-state index contributed by atoms with van der Waals surface area (Å²) in [5.41, 5.74) is 0.547. The van der Waals surface area contributed by atoms with E-state index in [1.807, 2.05) is 0 Å². The fourth-order valence-electron chi connectivity index (χ4n) is 2.68. The molecule has 2 heterocycles. The summed E-state index contributed by atoms with van der Waals surface area (Å²) in [5.74, 6) is 0.655. The van der Waals surface area contributed by atoms with E-state index in [9.17, 15) is 4.79 Å². The molecule has 0 spiro atoms. The van der Waals surface area contributed by atoms with Crippen LogP contribution in [-0.4, -0.2) is 36.0 Å². The average molecular weight is 299 g/mol. The van der Waals surface area contributed by atoms with Gasteiger partial charge in [0.05, 0.1) is 11.9 Å². The molecule has 1 N–H and O–H groups in total. The Kier molecular flexibility index (Phi) is 5.43. The van der Waals surface area contributed by atoms with Crippen LogP contribution in [0.3, 0.4) is 0 Å². The number of nitrogens with zero attached hydrogens (tertiary/aromatic N) is 3. The van der Waals surface area contributed by atoms with E-state index in [0.717, 1.165) is 38.3 Å². The van der Waals surface area contributed by atoms with Crippen LogP contribution in [-0.2, 0) is 7.05 Å². The molecule has 0 radical (unpaired) electrons. The molecule has 5 nitrogen and oxygen atoms in total. The van der Waals surface area contributed by atoms with Crippen molar-refractivity contribution in [2.45, 2.75) is 26.2 Å². The van der Waals surface area contributed by atoms with Gasteiger partial charge in [-0.3, -0.25) is 4.79 Å². The van der Waals surface area contributed by atoms with Crippen LogP contribution in [0.5, 0.6) is 0 Å². The van der Waals surface area contributed by atoms with E-state index in [1.165, 1.54) is 17.5 Å². The van der Waals surface area contributed by atoms with Crippen molar-refractivity contribution in [1.82, 2.24) is 15.1 Å². The molecule has 0 bridgehead atoms. The van der Waals surface area contributed by atoms with Crippen molar-refractivity contribution in [2.75, 3.05) is 31.1 Å². The summed E-state index contributed by atoms with van der Waals surface area (Å²) in [6, 6.07) is 0. The largest absolute Gasteiger partial charge is 0.369 e. The highest BCUT2D eigenvalue weighted by atomic mass is 35.5. The minimum atomic E-state index is -0.226. The molecule has 0 atom stereocenters. The van der Waals surface area contributed by atoms with Crippen LogP contribution in [0, 0.1) is 5.92 Å². The average Bonchev–Trinajstić information content (AvgIpc) is 2.46. The van der Waals surface area contributed by atoms with Crippen molar-refractivity contribution in [2.24, 2.45) is 13.0 Å². The monoisotopic (exact) mass is 298 g/mol. The van der Waals surface area contributed by atoms with Crippen molar-refractivity contribution >= 4 is 17.3 Å². The second-order valence-electron chi connectivity index (χ2n) is 5.41. The van der Waals surface area contributed by atoms with Gasteiger partial charge in [0.1, 0.15) is 5.02 Å². The highest BCUT2D eigenvalue weighted by Gasteiger charge is 2.20. The first-order valence-corrected chi connectivity index (χ1v) is 7.68. The number of rotatable bonds is 5. The van der Waals surface area contributed by atoms with Crippen LogP contribution in [0.4, 0.5) is 5.69 Å². The minimum Gasteiger partial charge on any atom is -0.369 e. The van der Waals surface area contributed by atoms with Crippen molar-refractivity contribution in [3.63, 3.8) is 0 Å². The zero-order valence-corrected chi connectivity index (χ0v) is 13.0. The molecule has 20 heavy (non-hydrogen) atoms. The van der Waals surface area contributed by atoms with Crippen molar-refractivity contribution in [3.05, 3.63) is 21.6 Å². The first kappa shape index (κ1) is 15.3. The topological polar surface area (TPSA) is 50.2 Å². The summed E-state index contributed by atoms with van der Waals surface area (Å²) in [6.45, 7) is 6.14. The minimum absolute atomic E-state index is 0.226. The normalized spacial score (nSPS) is 16.4. The molecular formula is C14H23ClN4O. The summed E-state index contributed by atoms with van der Waals surface area (Å²) in [7, 11) is 1.62. The first-order valence-electron chi connectivity index (χ1n) is 7.31. The standard InChI is InChI=1S/C14H23ClN4O/c1-3-8-19(10-11-4-6-16-7-5-11)12-9-17-18(2)14(20)13(12)15/h9,11,16H,3-8,10H2,1-2H3. The van der Waals surface area contributed by atoms with Gasteiger partial charge in [0.25, 0.3) is 5.56 Å². The molecule has 0 amide bonds. The molecule has 1 saturated heterocycles. The highest BCUT2D eigenvalue weighted by molar-refractivity contribution is 6.33. The van der Waals surface area contributed by atoms with E-state index in [4.69, 9.17) is 11.6 Å². The van der Waals surface area contributed by atoms with Gasteiger partial charge in [0.2, 0.25) is 0 Å². The molecule has 0 saturated carbocycles. The van der Waals surface area contributed by atoms with Gasteiger partial charge < -0.3 is 10.2 Å². The Labute approximate surface area is 124 Å². The molecule has 0 unspecified atom stereocenters. The van der Waals surface area contributed by atoms with E-state index in [-0.39, 0.29) is 10.6 Å². The van der Waals surface area contributed by atoms with Gasteiger partial charge in [0.15, 0.2) is 0 Å². The Morgan fingerprint density at radius 1 is 1.50 bits per heavy atom. The maximum atomic E-state index is 11.9. The zero-order valence-electron chi connectivity index (χ0n) is 12.2. The molecule has 1 aliphatic rings.